The minimum Gasteiger partial charge on any atom is -0.327 e. The molecular weight excluding hydrogens is 246 g/mol. The Kier molecular flexibility index (Phi) is 5.35. The molecule has 0 fully saturated rings. The monoisotopic (exact) mass is 269 g/mol. The molecule has 0 radical (unpaired) electrons. The Morgan fingerprint density at radius 2 is 1.94 bits per heavy atom. The average Bonchev–Trinajstić information content (AvgIpc) is 2.28. The van der Waals surface area contributed by atoms with E-state index in [0.717, 1.165) is 24.8 Å². The lowest BCUT2D eigenvalue weighted by Crippen LogP contribution is -2.26. The fourth-order valence-electron chi connectivity index (χ4n) is 1.81. The Balaban J connectivity index is 2.59. The second-order valence-electron chi connectivity index (χ2n) is 5.22. The molecule has 18 heavy (non-hydrogen) atoms. The van der Waals surface area contributed by atoms with Crippen LogP contribution in [0, 0.1) is 5.92 Å². The number of rotatable bonds is 6. The van der Waals surface area contributed by atoms with Gasteiger partial charge in [-0.05, 0) is 42.9 Å². The summed E-state index contributed by atoms with van der Waals surface area (Å²) >= 11 is 0. The van der Waals surface area contributed by atoms with E-state index in [1.54, 1.807) is 18.2 Å². The Morgan fingerprint density at radius 1 is 1.28 bits per heavy atom. The SMILES string of the molecule is CC(C)C(N)CCCc1cccc(S(C)(=O)=O)c1. The predicted octanol–water partition coefficient (Wildman–Crippen LogP) is 2.40. The summed E-state index contributed by atoms with van der Waals surface area (Å²) in [6.07, 6.45) is 4.08. The second-order valence-corrected chi connectivity index (χ2v) is 7.24. The van der Waals surface area contributed by atoms with E-state index in [9.17, 15) is 8.42 Å². The van der Waals surface area contributed by atoms with Crippen LogP contribution in [-0.4, -0.2) is 20.7 Å². The van der Waals surface area contributed by atoms with Crippen LogP contribution in [0.2, 0.25) is 0 Å². The summed E-state index contributed by atoms with van der Waals surface area (Å²) in [7, 11) is -3.10. The third-order valence-corrected chi connectivity index (χ3v) is 4.30. The van der Waals surface area contributed by atoms with Crippen molar-refractivity contribution in [2.75, 3.05) is 6.26 Å². The van der Waals surface area contributed by atoms with Crippen molar-refractivity contribution in [3.05, 3.63) is 29.8 Å². The molecule has 0 aliphatic carbocycles. The maximum Gasteiger partial charge on any atom is 0.175 e. The van der Waals surface area contributed by atoms with Gasteiger partial charge in [-0.2, -0.15) is 0 Å². The van der Waals surface area contributed by atoms with E-state index in [1.807, 2.05) is 6.07 Å². The van der Waals surface area contributed by atoms with Crippen molar-refractivity contribution in [1.29, 1.82) is 0 Å². The van der Waals surface area contributed by atoms with Gasteiger partial charge in [-0.15, -0.1) is 0 Å². The summed E-state index contributed by atoms with van der Waals surface area (Å²) < 4.78 is 22.9. The first-order valence-electron chi connectivity index (χ1n) is 6.35. The third-order valence-electron chi connectivity index (χ3n) is 3.19. The number of nitrogens with two attached hydrogens (primary N) is 1. The molecule has 0 spiro atoms. The first kappa shape index (κ1) is 15.2. The van der Waals surface area contributed by atoms with E-state index in [0.29, 0.717) is 10.8 Å². The number of aryl methyl sites for hydroxylation is 1. The summed E-state index contributed by atoms with van der Waals surface area (Å²) in [5, 5.41) is 0. The van der Waals surface area contributed by atoms with Crippen molar-refractivity contribution >= 4 is 9.84 Å². The molecule has 0 heterocycles. The quantitative estimate of drug-likeness (QED) is 0.862. The van der Waals surface area contributed by atoms with E-state index >= 15 is 0 Å². The summed E-state index contributed by atoms with van der Waals surface area (Å²) in [6, 6.07) is 7.39. The van der Waals surface area contributed by atoms with E-state index < -0.39 is 9.84 Å². The Bertz CT molecular complexity index is 480. The van der Waals surface area contributed by atoms with Gasteiger partial charge in [-0.3, -0.25) is 0 Å². The molecule has 1 aromatic rings. The number of sulfone groups is 1. The van der Waals surface area contributed by atoms with Gasteiger partial charge in [0, 0.05) is 12.3 Å². The molecule has 1 unspecified atom stereocenters. The average molecular weight is 269 g/mol. The van der Waals surface area contributed by atoms with Crippen molar-refractivity contribution < 1.29 is 8.42 Å². The van der Waals surface area contributed by atoms with E-state index in [2.05, 4.69) is 13.8 Å². The molecule has 0 aliphatic rings. The first-order chi connectivity index (χ1) is 8.30. The highest BCUT2D eigenvalue weighted by Gasteiger charge is 2.09. The van der Waals surface area contributed by atoms with Gasteiger partial charge in [0.15, 0.2) is 9.84 Å². The predicted molar refractivity (Wildman–Crippen MR) is 75.3 cm³/mol. The minimum atomic E-state index is -3.10. The van der Waals surface area contributed by atoms with Gasteiger partial charge >= 0.3 is 0 Å². The van der Waals surface area contributed by atoms with Crippen molar-refractivity contribution in [2.24, 2.45) is 11.7 Å². The molecule has 1 rings (SSSR count). The molecule has 0 aromatic heterocycles. The lowest BCUT2D eigenvalue weighted by atomic mass is 9.98. The Morgan fingerprint density at radius 3 is 2.50 bits per heavy atom. The third kappa shape index (κ3) is 4.78. The van der Waals surface area contributed by atoms with Gasteiger partial charge in [0.05, 0.1) is 4.90 Å². The molecule has 3 nitrogen and oxygen atoms in total. The molecule has 2 N–H and O–H groups in total. The van der Waals surface area contributed by atoms with Crippen molar-refractivity contribution in [3.63, 3.8) is 0 Å². The van der Waals surface area contributed by atoms with Gasteiger partial charge in [-0.25, -0.2) is 8.42 Å². The van der Waals surface area contributed by atoms with E-state index in [4.69, 9.17) is 5.73 Å². The molecule has 1 aromatic carbocycles. The number of benzene rings is 1. The van der Waals surface area contributed by atoms with Crippen LogP contribution in [0.4, 0.5) is 0 Å². The molecule has 0 aliphatic heterocycles. The molecule has 4 heteroatoms. The number of hydrogen-bond donors (Lipinski definition) is 1. The van der Waals surface area contributed by atoms with Crippen LogP contribution in [0.3, 0.4) is 0 Å². The van der Waals surface area contributed by atoms with Gasteiger partial charge in [0.25, 0.3) is 0 Å². The van der Waals surface area contributed by atoms with Crippen molar-refractivity contribution in [1.82, 2.24) is 0 Å². The van der Waals surface area contributed by atoms with Gasteiger partial charge in [0.2, 0.25) is 0 Å². The Labute approximate surface area is 110 Å². The molecule has 0 bridgehead atoms. The lowest BCUT2D eigenvalue weighted by Gasteiger charge is -2.15. The fraction of sp³-hybridized carbons (Fsp3) is 0.571. The zero-order valence-electron chi connectivity index (χ0n) is 11.4. The molecule has 1 atom stereocenters. The largest absolute Gasteiger partial charge is 0.327 e. The highest BCUT2D eigenvalue weighted by Crippen LogP contribution is 2.14. The van der Waals surface area contributed by atoms with Crippen molar-refractivity contribution in [3.8, 4) is 0 Å². The van der Waals surface area contributed by atoms with E-state index in [-0.39, 0.29) is 6.04 Å². The fourth-order valence-corrected chi connectivity index (χ4v) is 2.50. The standard InChI is InChI=1S/C14H23NO2S/c1-11(2)14(15)9-5-7-12-6-4-8-13(10-12)18(3,16)17/h4,6,8,10-11,14H,5,7,9,15H2,1-3H3. The van der Waals surface area contributed by atoms with Crippen LogP contribution in [0.15, 0.2) is 29.2 Å². The second kappa shape index (κ2) is 6.34. The molecule has 0 amide bonds. The first-order valence-corrected chi connectivity index (χ1v) is 8.24. The summed E-state index contributed by atoms with van der Waals surface area (Å²) in [5.74, 6) is 0.493. The van der Waals surface area contributed by atoms with E-state index in [1.165, 1.54) is 6.26 Å². The molecular formula is C14H23NO2S. The zero-order valence-corrected chi connectivity index (χ0v) is 12.2. The Hall–Kier alpha value is -0.870. The maximum atomic E-state index is 11.4. The van der Waals surface area contributed by atoms with Crippen LogP contribution in [-0.2, 0) is 16.3 Å². The zero-order chi connectivity index (χ0) is 13.8. The van der Waals surface area contributed by atoms with Crippen LogP contribution in [0.25, 0.3) is 0 Å². The number of hydrogen-bond acceptors (Lipinski definition) is 3. The highest BCUT2D eigenvalue weighted by molar-refractivity contribution is 7.90. The van der Waals surface area contributed by atoms with Crippen LogP contribution < -0.4 is 5.73 Å². The molecule has 0 saturated carbocycles. The van der Waals surface area contributed by atoms with Gasteiger partial charge in [0.1, 0.15) is 0 Å². The summed E-state index contributed by atoms with van der Waals surface area (Å²) in [6.45, 7) is 4.24. The maximum absolute atomic E-state index is 11.4. The topological polar surface area (TPSA) is 60.2 Å². The normalized spacial score (nSPS) is 13.8. The smallest absolute Gasteiger partial charge is 0.175 e. The van der Waals surface area contributed by atoms with Crippen molar-refractivity contribution in [2.45, 2.75) is 44.0 Å². The minimum absolute atomic E-state index is 0.225. The van der Waals surface area contributed by atoms with Crippen LogP contribution in [0.1, 0.15) is 32.3 Å². The van der Waals surface area contributed by atoms with Gasteiger partial charge in [-0.1, -0.05) is 26.0 Å². The van der Waals surface area contributed by atoms with Crippen LogP contribution >= 0.6 is 0 Å². The summed E-state index contributed by atoms with van der Waals surface area (Å²) in [4.78, 5) is 0.396. The summed E-state index contributed by atoms with van der Waals surface area (Å²) in [5.41, 5.74) is 7.05. The highest BCUT2D eigenvalue weighted by atomic mass is 32.2. The van der Waals surface area contributed by atoms with Crippen LogP contribution in [0.5, 0.6) is 0 Å². The van der Waals surface area contributed by atoms with Gasteiger partial charge < -0.3 is 5.73 Å². The molecule has 0 saturated heterocycles. The molecule has 102 valence electrons. The lowest BCUT2D eigenvalue weighted by molar-refractivity contribution is 0.452.